The van der Waals surface area contributed by atoms with Crippen LogP contribution in [0.2, 0.25) is 0 Å². The number of hydrogen-bond donors (Lipinski definition) is 1. The molecule has 0 aliphatic carbocycles. The molecule has 0 unspecified atom stereocenters. The fraction of sp³-hybridized carbons (Fsp3) is 0.375. The zero-order valence-corrected chi connectivity index (χ0v) is 12.7. The van der Waals surface area contributed by atoms with Crippen molar-refractivity contribution in [3.05, 3.63) is 40.7 Å². The van der Waals surface area contributed by atoms with Gasteiger partial charge in [-0.05, 0) is 42.8 Å². The van der Waals surface area contributed by atoms with Crippen molar-refractivity contribution < 1.29 is 4.79 Å². The molecular formula is C16H19N3OS. The average molecular weight is 301 g/mol. The summed E-state index contributed by atoms with van der Waals surface area (Å²) in [5.41, 5.74) is 0.829. The molecule has 3 heterocycles. The van der Waals surface area contributed by atoms with Gasteiger partial charge in [0.05, 0.1) is 5.69 Å². The molecule has 0 atom stereocenters. The number of rotatable bonds is 5. The third-order valence-electron chi connectivity index (χ3n) is 3.64. The number of amides is 1. The molecule has 0 bridgehead atoms. The van der Waals surface area contributed by atoms with Gasteiger partial charge in [0.15, 0.2) is 5.82 Å². The second kappa shape index (κ2) is 6.72. The standard InChI is InChI=1S/C16H19N3OS/c20-15(8-7-13-5-4-12-21-13)18-14-6-3-9-17-16(14)19-10-1-2-11-19/h3-6,9,12H,1-2,7-8,10-11H2,(H,18,20). The van der Waals surface area contributed by atoms with Gasteiger partial charge in [-0.3, -0.25) is 4.79 Å². The second-order valence-electron chi connectivity index (χ2n) is 5.20. The number of anilines is 2. The molecule has 0 spiro atoms. The number of nitrogens with one attached hydrogen (secondary N) is 1. The quantitative estimate of drug-likeness (QED) is 0.921. The van der Waals surface area contributed by atoms with E-state index in [9.17, 15) is 4.79 Å². The molecule has 1 aliphatic heterocycles. The molecule has 110 valence electrons. The van der Waals surface area contributed by atoms with Crippen molar-refractivity contribution in [3.8, 4) is 0 Å². The first-order valence-corrected chi connectivity index (χ1v) is 8.23. The lowest BCUT2D eigenvalue weighted by molar-refractivity contribution is -0.116. The average Bonchev–Trinajstić information content (AvgIpc) is 3.19. The number of carbonyl (C=O) groups is 1. The molecule has 4 nitrogen and oxygen atoms in total. The van der Waals surface area contributed by atoms with E-state index < -0.39 is 0 Å². The number of carbonyl (C=O) groups excluding carboxylic acids is 1. The summed E-state index contributed by atoms with van der Waals surface area (Å²) in [4.78, 5) is 20.1. The summed E-state index contributed by atoms with van der Waals surface area (Å²) in [6.07, 6.45) is 5.48. The summed E-state index contributed by atoms with van der Waals surface area (Å²) in [7, 11) is 0. The zero-order valence-electron chi connectivity index (χ0n) is 11.9. The lowest BCUT2D eigenvalue weighted by Crippen LogP contribution is -2.22. The minimum Gasteiger partial charge on any atom is -0.355 e. The van der Waals surface area contributed by atoms with Gasteiger partial charge in [0.2, 0.25) is 5.91 Å². The molecule has 0 saturated carbocycles. The zero-order chi connectivity index (χ0) is 14.5. The summed E-state index contributed by atoms with van der Waals surface area (Å²) in [5.74, 6) is 0.955. The summed E-state index contributed by atoms with van der Waals surface area (Å²) < 4.78 is 0. The van der Waals surface area contributed by atoms with E-state index in [2.05, 4.69) is 21.3 Å². The lowest BCUT2D eigenvalue weighted by atomic mass is 10.2. The number of aromatic nitrogens is 1. The molecule has 0 aromatic carbocycles. The van der Waals surface area contributed by atoms with Crippen molar-refractivity contribution in [3.63, 3.8) is 0 Å². The number of thiophene rings is 1. The van der Waals surface area contributed by atoms with E-state index in [-0.39, 0.29) is 5.91 Å². The Kier molecular flexibility index (Phi) is 4.50. The Morgan fingerprint density at radius 3 is 2.90 bits per heavy atom. The highest BCUT2D eigenvalue weighted by Crippen LogP contribution is 2.26. The normalized spacial score (nSPS) is 14.4. The maximum Gasteiger partial charge on any atom is 0.224 e. The van der Waals surface area contributed by atoms with Crippen LogP contribution < -0.4 is 10.2 Å². The third kappa shape index (κ3) is 3.61. The van der Waals surface area contributed by atoms with Crippen LogP contribution in [0.3, 0.4) is 0 Å². The number of nitrogens with zero attached hydrogens (tertiary/aromatic N) is 2. The highest BCUT2D eigenvalue weighted by atomic mass is 32.1. The van der Waals surface area contributed by atoms with E-state index in [1.807, 2.05) is 23.6 Å². The van der Waals surface area contributed by atoms with Gasteiger partial charge in [-0.1, -0.05) is 6.07 Å². The topological polar surface area (TPSA) is 45.2 Å². The maximum atomic E-state index is 12.1. The van der Waals surface area contributed by atoms with Gasteiger partial charge in [-0.15, -0.1) is 11.3 Å². The third-order valence-corrected chi connectivity index (χ3v) is 4.58. The van der Waals surface area contributed by atoms with Crippen molar-refractivity contribution in [1.82, 2.24) is 4.98 Å². The van der Waals surface area contributed by atoms with Crippen LogP contribution in [0.4, 0.5) is 11.5 Å². The molecule has 21 heavy (non-hydrogen) atoms. The van der Waals surface area contributed by atoms with Crippen LogP contribution in [0.5, 0.6) is 0 Å². The largest absolute Gasteiger partial charge is 0.355 e. The second-order valence-corrected chi connectivity index (χ2v) is 6.23. The SMILES string of the molecule is O=C(CCc1cccs1)Nc1cccnc1N1CCCC1. The van der Waals surface area contributed by atoms with Crippen molar-refractivity contribution in [2.24, 2.45) is 0 Å². The van der Waals surface area contributed by atoms with Crippen LogP contribution in [0, 0.1) is 0 Å². The predicted octanol–water partition coefficient (Wildman–Crippen LogP) is 3.31. The summed E-state index contributed by atoms with van der Waals surface area (Å²) in [6, 6.07) is 7.89. The Balaban J connectivity index is 1.62. The van der Waals surface area contributed by atoms with Crippen LogP contribution >= 0.6 is 11.3 Å². The van der Waals surface area contributed by atoms with Crippen LogP contribution in [0.15, 0.2) is 35.8 Å². The Bertz CT molecular complexity index is 591. The van der Waals surface area contributed by atoms with E-state index in [0.29, 0.717) is 6.42 Å². The van der Waals surface area contributed by atoms with Crippen LogP contribution in [-0.2, 0) is 11.2 Å². The van der Waals surface area contributed by atoms with Crippen molar-refractivity contribution >= 4 is 28.7 Å². The van der Waals surface area contributed by atoms with Crippen molar-refractivity contribution in [2.45, 2.75) is 25.7 Å². The van der Waals surface area contributed by atoms with Gasteiger partial charge in [0.1, 0.15) is 0 Å². The van der Waals surface area contributed by atoms with Gasteiger partial charge in [0.25, 0.3) is 0 Å². The molecule has 1 N–H and O–H groups in total. The number of hydrogen-bond acceptors (Lipinski definition) is 4. The monoisotopic (exact) mass is 301 g/mol. The van der Waals surface area contributed by atoms with Crippen molar-refractivity contribution in [1.29, 1.82) is 0 Å². The fourth-order valence-electron chi connectivity index (χ4n) is 2.58. The first kappa shape index (κ1) is 14.1. The number of aryl methyl sites for hydroxylation is 1. The lowest BCUT2D eigenvalue weighted by Gasteiger charge is -2.19. The van der Waals surface area contributed by atoms with Gasteiger partial charge in [-0.25, -0.2) is 4.98 Å². The van der Waals surface area contributed by atoms with Gasteiger partial charge in [-0.2, -0.15) is 0 Å². The van der Waals surface area contributed by atoms with Crippen molar-refractivity contribution in [2.75, 3.05) is 23.3 Å². The van der Waals surface area contributed by atoms with E-state index in [1.165, 1.54) is 17.7 Å². The molecule has 3 rings (SSSR count). The molecule has 2 aromatic heterocycles. The summed E-state index contributed by atoms with van der Waals surface area (Å²) >= 11 is 1.69. The summed E-state index contributed by atoms with van der Waals surface area (Å²) in [5, 5.41) is 5.05. The molecule has 1 fully saturated rings. The molecule has 1 aliphatic rings. The highest BCUT2D eigenvalue weighted by Gasteiger charge is 2.17. The van der Waals surface area contributed by atoms with E-state index in [1.54, 1.807) is 17.5 Å². The Labute approximate surface area is 128 Å². The van der Waals surface area contributed by atoms with Crippen LogP contribution in [0.25, 0.3) is 0 Å². The Hall–Kier alpha value is -1.88. The molecule has 5 heteroatoms. The van der Waals surface area contributed by atoms with Gasteiger partial charge >= 0.3 is 0 Å². The van der Waals surface area contributed by atoms with E-state index >= 15 is 0 Å². The molecular weight excluding hydrogens is 282 g/mol. The van der Waals surface area contributed by atoms with Gasteiger partial charge < -0.3 is 10.2 Å². The fourth-order valence-corrected chi connectivity index (χ4v) is 3.29. The van der Waals surface area contributed by atoms with Crippen LogP contribution in [0.1, 0.15) is 24.1 Å². The van der Waals surface area contributed by atoms with Gasteiger partial charge in [0, 0.05) is 30.6 Å². The minimum absolute atomic E-state index is 0.0526. The Morgan fingerprint density at radius 1 is 1.29 bits per heavy atom. The number of pyridine rings is 1. The van der Waals surface area contributed by atoms with E-state index in [4.69, 9.17) is 0 Å². The minimum atomic E-state index is 0.0526. The predicted molar refractivity (Wildman–Crippen MR) is 87.0 cm³/mol. The highest BCUT2D eigenvalue weighted by molar-refractivity contribution is 7.09. The maximum absolute atomic E-state index is 12.1. The van der Waals surface area contributed by atoms with E-state index in [0.717, 1.165) is 31.0 Å². The summed E-state index contributed by atoms with van der Waals surface area (Å²) in [6.45, 7) is 2.05. The molecule has 0 radical (unpaired) electrons. The first-order chi connectivity index (χ1) is 10.3. The molecule has 1 amide bonds. The molecule has 1 saturated heterocycles. The Morgan fingerprint density at radius 2 is 2.14 bits per heavy atom. The molecule has 2 aromatic rings. The smallest absolute Gasteiger partial charge is 0.224 e. The van der Waals surface area contributed by atoms with Crippen LogP contribution in [-0.4, -0.2) is 24.0 Å². The first-order valence-electron chi connectivity index (χ1n) is 7.35.